The van der Waals surface area contributed by atoms with E-state index in [4.69, 9.17) is 11.6 Å². The summed E-state index contributed by atoms with van der Waals surface area (Å²) < 4.78 is 27.6. The molecule has 0 aliphatic carbocycles. The van der Waals surface area contributed by atoms with Gasteiger partial charge in [0.1, 0.15) is 10.7 Å². The van der Waals surface area contributed by atoms with Crippen LogP contribution in [-0.4, -0.2) is 19.9 Å². The number of benzene rings is 2. The van der Waals surface area contributed by atoms with E-state index < -0.39 is 10.0 Å². The third kappa shape index (κ3) is 3.77. The number of hydrogen-bond donors (Lipinski definition) is 1. The highest BCUT2D eigenvalue weighted by Crippen LogP contribution is 2.26. The summed E-state index contributed by atoms with van der Waals surface area (Å²) in [6.45, 7) is 1.68. The molecule has 0 unspecified atom stereocenters. The van der Waals surface area contributed by atoms with Gasteiger partial charge in [-0.05, 0) is 41.8 Å². The first-order valence-electron chi connectivity index (χ1n) is 8.58. The second-order valence-electron chi connectivity index (χ2n) is 6.38. The molecule has 0 radical (unpaired) electrons. The summed E-state index contributed by atoms with van der Waals surface area (Å²) in [4.78, 5) is 6.68. The Morgan fingerprint density at radius 1 is 0.963 bits per heavy atom. The van der Waals surface area contributed by atoms with Gasteiger partial charge in [-0.2, -0.15) is 0 Å². The number of nitrogens with one attached hydrogen (secondary N) is 1. The minimum atomic E-state index is -3.76. The highest BCUT2D eigenvalue weighted by molar-refractivity contribution is 7.92. The summed E-state index contributed by atoms with van der Waals surface area (Å²) >= 11 is 6.00. The van der Waals surface area contributed by atoms with E-state index in [0.717, 1.165) is 25.3 Å². The van der Waals surface area contributed by atoms with Crippen LogP contribution in [0.15, 0.2) is 71.8 Å². The molecular formula is C20H18ClN3O2S. The first-order valence-corrected chi connectivity index (χ1v) is 10.4. The van der Waals surface area contributed by atoms with E-state index in [9.17, 15) is 8.42 Å². The van der Waals surface area contributed by atoms with Crippen molar-refractivity contribution >= 4 is 33.1 Å². The zero-order valence-corrected chi connectivity index (χ0v) is 16.0. The topological polar surface area (TPSA) is 62.3 Å². The molecular weight excluding hydrogens is 382 g/mol. The van der Waals surface area contributed by atoms with E-state index in [-0.39, 0.29) is 9.92 Å². The lowest BCUT2D eigenvalue weighted by Gasteiger charge is -2.29. The number of halogens is 1. The van der Waals surface area contributed by atoms with E-state index in [2.05, 4.69) is 32.8 Å². The maximum atomic E-state index is 12.5. The van der Waals surface area contributed by atoms with Crippen LogP contribution >= 0.6 is 11.6 Å². The molecule has 1 aliphatic rings. The van der Waals surface area contributed by atoms with Gasteiger partial charge in [0.15, 0.2) is 0 Å². The van der Waals surface area contributed by atoms with Crippen LogP contribution in [-0.2, 0) is 23.0 Å². The summed E-state index contributed by atoms with van der Waals surface area (Å²) in [6.07, 6.45) is 2.50. The van der Waals surface area contributed by atoms with Gasteiger partial charge in [-0.3, -0.25) is 4.72 Å². The van der Waals surface area contributed by atoms with Crippen LogP contribution in [0, 0.1) is 0 Å². The number of fused-ring (bicyclic) bond motifs is 1. The Morgan fingerprint density at radius 2 is 1.70 bits per heavy atom. The van der Waals surface area contributed by atoms with Gasteiger partial charge >= 0.3 is 0 Å². The Hall–Kier alpha value is -2.57. The lowest BCUT2D eigenvalue weighted by Crippen LogP contribution is -2.30. The fraction of sp³-hybridized carbons (Fsp3) is 0.150. The van der Waals surface area contributed by atoms with Crippen LogP contribution in [0.2, 0.25) is 5.02 Å². The Kier molecular flexibility index (Phi) is 4.76. The molecule has 27 heavy (non-hydrogen) atoms. The average Bonchev–Trinajstić information content (AvgIpc) is 2.68. The van der Waals surface area contributed by atoms with Gasteiger partial charge in [0.2, 0.25) is 0 Å². The Morgan fingerprint density at radius 3 is 2.44 bits per heavy atom. The Balaban J connectivity index is 1.51. The van der Waals surface area contributed by atoms with Gasteiger partial charge in [0.05, 0.1) is 16.9 Å². The second kappa shape index (κ2) is 7.21. The normalized spacial score (nSPS) is 13.9. The highest BCUT2D eigenvalue weighted by atomic mass is 35.5. The molecule has 5 nitrogen and oxygen atoms in total. The van der Waals surface area contributed by atoms with E-state index >= 15 is 0 Å². The monoisotopic (exact) mass is 399 g/mol. The predicted molar refractivity (Wildman–Crippen MR) is 108 cm³/mol. The Labute approximate surface area is 163 Å². The van der Waals surface area contributed by atoms with Crippen molar-refractivity contribution in [1.82, 2.24) is 4.98 Å². The van der Waals surface area contributed by atoms with Crippen LogP contribution in [0.1, 0.15) is 11.1 Å². The molecule has 3 aromatic rings. The number of pyridine rings is 1. The molecule has 2 heterocycles. The molecule has 1 aliphatic heterocycles. The molecule has 0 bridgehead atoms. The molecule has 0 fully saturated rings. The summed E-state index contributed by atoms with van der Waals surface area (Å²) in [6, 6.07) is 18.3. The third-order valence-corrected chi connectivity index (χ3v) is 6.46. The van der Waals surface area contributed by atoms with Crippen LogP contribution in [0.4, 0.5) is 11.5 Å². The maximum Gasteiger partial charge on any atom is 0.263 e. The average molecular weight is 400 g/mol. The molecule has 138 valence electrons. The van der Waals surface area contributed by atoms with Crippen molar-refractivity contribution in [3.05, 3.63) is 83.0 Å². The molecule has 2 aromatic carbocycles. The van der Waals surface area contributed by atoms with Crippen LogP contribution in [0.25, 0.3) is 0 Å². The highest BCUT2D eigenvalue weighted by Gasteiger charge is 2.19. The third-order valence-electron chi connectivity index (χ3n) is 4.58. The number of sulfonamides is 1. The van der Waals surface area contributed by atoms with Gasteiger partial charge in [-0.25, -0.2) is 13.4 Å². The van der Waals surface area contributed by atoms with Crippen molar-refractivity contribution in [3.8, 4) is 0 Å². The summed E-state index contributed by atoms with van der Waals surface area (Å²) in [7, 11) is -3.76. The fourth-order valence-corrected chi connectivity index (χ4v) is 4.76. The number of aromatic nitrogens is 1. The molecule has 1 N–H and O–H groups in total. The van der Waals surface area contributed by atoms with Crippen molar-refractivity contribution in [2.75, 3.05) is 16.2 Å². The van der Waals surface area contributed by atoms with Crippen molar-refractivity contribution < 1.29 is 8.42 Å². The van der Waals surface area contributed by atoms with Gasteiger partial charge < -0.3 is 4.90 Å². The molecule has 7 heteroatoms. The minimum Gasteiger partial charge on any atom is -0.352 e. The molecule has 0 atom stereocenters. The van der Waals surface area contributed by atoms with Crippen molar-refractivity contribution in [2.24, 2.45) is 0 Å². The maximum absolute atomic E-state index is 12.5. The lowest BCUT2D eigenvalue weighted by atomic mass is 10.00. The van der Waals surface area contributed by atoms with E-state index in [1.807, 2.05) is 12.1 Å². The van der Waals surface area contributed by atoms with Gasteiger partial charge in [0.25, 0.3) is 10.0 Å². The number of hydrogen-bond acceptors (Lipinski definition) is 4. The van der Waals surface area contributed by atoms with E-state index in [1.165, 1.54) is 23.4 Å². The zero-order valence-electron chi connectivity index (χ0n) is 14.5. The molecule has 0 spiro atoms. The fourth-order valence-electron chi connectivity index (χ4n) is 3.20. The smallest absolute Gasteiger partial charge is 0.263 e. The lowest BCUT2D eigenvalue weighted by molar-refractivity contribution is 0.601. The van der Waals surface area contributed by atoms with Crippen LogP contribution < -0.4 is 9.62 Å². The van der Waals surface area contributed by atoms with Crippen LogP contribution in [0.5, 0.6) is 0 Å². The standard InChI is InChI=1S/C20H18ClN3O2S/c21-18-7-3-4-8-19(18)27(25,26)23-17-9-10-20(22-13-17)24-12-11-15-5-1-2-6-16(15)14-24/h1-10,13,23H,11-12,14H2. The molecule has 1 aromatic heterocycles. The van der Waals surface area contributed by atoms with Gasteiger partial charge in [-0.1, -0.05) is 48.0 Å². The van der Waals surface area contributed by atoms with Crippen molar-refractivity contribution in [3.63, 3.8) is 0 Å². The minimum absolute atomic E-state index is 0.0448. The van der Waals surface area contributed by atoms with Crippen molar-refractivity contribution in [1.29, 1.82) is 0 Å². The first kappa shape index (κ1) is 17.8. The molecule has 0 saturated heterocycles. The Bertz CT molecular complexity index is 1070. The van der Waals surface area contributed by atoms with E-state index in [0.29, 0.717) is 5.69 Å². The van der Waals surface area contributed by atoms with Gasteiger partial charge in [0, 0.05) is 13.1 Å². The summed E-state index contributed by atoms with van der Waals surface area (Å²) in [5.41, 5.74) is 3.07. The van der Waals surface area contributed by atoms with Crippen LogP contribution in [0.3, 0.4) is 0 Å². The molecule has 0 amide bonds. The zero-order chi connectivity index (χ0) is 18.9. The largest absolute Gasteiger partial charge is 0.352 e. The number of rotatable bonds is 4. The SMILES string of the molecule is O=S(=O)(Nc1ccc(N2CCc3ccccc3C2)nc1)c1ccccc1Cl. The molecule has 4 rings (SSSR count). The molecule has 0 saturated carbocycles. The predicted octanol–water partition coefficient (Wildman–Crippen LogP) is 4.10. The number of anilines is 2. The summed E-state index contributed by atoms with van der Waals surface area (Å²) in [5.74, 6) is 0.824. The second-order valence-corrected chi connectivity index (χ2v) is 8.44. The van der Waals surface area contributed by atoms with E-state index in [1.54, 1.807) is 24.3 Å². The summed E-state index contributed by atoms with van der Waals surface area (Å²) in [5, 5.41) is 0.182. The first-order chi connectivity index (χ1) is 13.0. The number of nitrogens with zero attached hydrogens (tertiary/aromatic N) is 2. The van der Waals surface area contributed by atoms with Crippen molar-refractivity contribution in [2.45, 2.75) is 17.9 Å². The quantitative estimate of drug-likeness (QED) is 0.717. The van der Waals surface area contributed by atoms with Gasteiger partial charge in [-0.15, -0.1) is 0 Å².